The number of benzene rings is 1. The number of ether oxygens (including phenoxy) is 1. The van der Waals surface area contributed by atoms with E-state index in [9.17, 15) is 14.4 Å². The number of hydrogen-bond donors (Lipinski definition) is 3. The molecule has 1 heterocycles. The van der Waals surface area contributed by atoms with Gasteiger partial charge in [-0.2, -0.15) is 0 Å². The fraction of sp³-hybridized carbons (Fsp3) is 0.278. The Morgan fingerprint density at radius 2 is 1.65 bits per heavy atom. The molecule has 0 saturated carbocycles. The van der Waals surface area contributed by atoms with Gasteiger partial charge in [0.05, 0.1) is 11.3 Å². The zero-order chi connectivity index (χ0) is 19.5. The molecule has 0 unspecified atom stereocenters. The number of carboxylic acids is 1. The summed E-state index contributed by atoms with van der Waals surface area (Å²) in [5, 5.41) is 14.1. The number of aromatic carboxylic acids is 1. The Labute approximate surface area is 150 Å². The average Bonchev–Trinajstić information content (AvgIpc) is 2.86. The monoisotopic (exact) mass is 359 g/mol. The van der Waals surface area contributed by atoms with Gasteiger partial charge < -0.3 is 19.7 Å². The highest BCUT2D eigenvalue weighted by atomic mass is 16.6. The number of aromatic nitrogens is 1. The maximum absolute atomic E-state index is 12.4. The summed E-state index contributed by atoms with van der Waals surface area (Å²) < 4.78 is 6.73. The normalized spacial score (nSPS) is 10.9. The standard InChI is InChI=1S/C18H21N3O5/c1-18(2,3)26-17(25)20-13-9-14(21(4)10-13)15(22)19-12-7-5-11(6-8-12)16(23)24/h5-10H,1-4H3,(H,19,22)(H,20,25)(H,23,24). The van der Waals surface area contributed by atoms with Crippen LogP contribution in [-0.2, 0) is 11.8 Å². The molecule has 0 atom stereocenters. The lowest BCUT2D eigenvalue weighted by Crippen LogP contribution is -2.27. The second-order valence-corrected chi connectivity index (χ2v) is 6.69. The van der Waals surface area contributed by atoms with Crippen molar-refractivity contribution in [2.45, 2.75) is 26.4 Å². The first kappa shape index (κ1) is 19.0. The van der Waals surface area contributed by atoms with Crippen LogP contribution < -0.4 is 10.6 Å². The summed E-state index contributed by atoms with van der Waals surface area (Å²) in [6.45, 7) is 5.27. The maximum Gasteiger partial charge on any atom is 0.412 e. The summed E-state index contributed by atoms with van der Waals surface area (Å²) in [6, 6.07) is 7.33. The van der Waals surface area contributed by atoms with Crippen molar-refractivity contribution in [2.75, 3.05) is 10.6 Å². The van der Waals surface area contributed by atoms with Crippen LogP contribution in [0.15, 0.2) is 36.5 Å². The van der Waals surface area contributed by atoms with Crippen molar-refractivity contribution in [2.24, 2.45) is 7.05 Å². The molecular weight excluding hydrogens is 338 g/mol. The van der Waals surface area contributed by atoms with Crippen LogP contribution in [0.5, 0.6) is 0 Å². The first-order valence-electron chi connectivity index (χ1n) is 7.86. The number of amides is 2. The molecule has 0 aliphatic rings. The van der Waals surface area contributed by atoms with Gasteiger partial charge in [0.15, 0.2) is 0 Å². The number of carbonyl (C=O) groups excluding carboxylic acids is 2. The minimum atomic E-state index is -1.04. The van der Waals surface area contributed by atoms with Crippen molar-refractivity contribution >= 4 is 29.3 Å². The van der Waals surface area contributed by atoms with Gasteiger partial charge in [-0.15, -0.1) is 0 Å². The Hall–Kier alpha value is -3.29. The number of carboxylic acid groups (broad SMARTS) is 1. The number of carbonyl (C=O) groups is 3. The Kier molecular flexibility index (Phi) is 5.35. The van der Waals surface area contributed by atoms with Crippen molar-refractivity contribution in [3.63, 3.8) is 0 Å². The van der Waals surface area contributed by atoms with E-state index in [0.29, 0.717) is 17.1 Å². The molecule has 0 radical (unpaired) electrons. The molecule has 0 fully saturated rings. The Morgan fingerprint density at radius 3 is 2.19 bits per heavy atom. The summed E-state index contributed by atoms with van der Waals surface area (Å²) in [7, 11) is 1.67. The molecule has 2 aromatic rings. The lowest BCUT2D eigenvalue weighted by molar-refractivity contribution is 0.0634. The van der Waals surface area contributed by atoms with Crippen molar-refractivity contribution in [1.82, 2.24) is 4.57 Å². The highest BCUT2D eigenvalue weighted by Crippen LogP contribution is 2.17. The van der Waals surface area contributed by atoms with Crippen molar-refractivity contribution in [3.05, 3.63) is 47.8 Å². The van der Waals surface area contributed by atoms with E-state index in [2.05, 4.69) is 10.6 Å². The van der Waals surface area contributed by atoms with Crippen molar-refractivity contribution in [1.29, 1.82) is 0 Å². The fourth-order valence-electron chi connectivity index (χ4n) is 2.17. The summed E-state index contributed by atoms with van der Waals surface area (Å²) in [5.41, 5.74) is 0.710. The second-order valence-electron chi connectivity index (χ2n) is 6.69. The van der Waals surface area contributed by atoms with E-state index in [1.807, 2.05) is 0 Å². The molecule has 8 nitrogen and oxygen atoms in total. The smallest absolute Gasteiger partial charge is 0.412 e. The third-order valence-electron chi connectivity index (χ3n) is 3.27. The van der Waals surface area contributed by atoms with E-state index in [1.54, 1.807) is 38.6 Å². The number of nitrogens with one attached hydrogen (secondary N) is 2. The zero-order valence-corrected chi connectivity index (χ0v) is 15.0. The zero-order valence-electron chi connectivity index (χ0n) is 15.0. The van der Waals surface area contributed by atoms with Gasteiger partial charge >= 0.3 is 12.1 Å². The van der Waals surface area contributed by atoms with Crippen LogP contribution in [0.3, 0.4) is 0 Å². The van der Waals surface area contributed by atoms with Gasteiger partial charge in [-0.05, 0) is 51.1 Å². The van der Waals surface area contributed by atoms with Gasteiger partial charge in [0.1, 0.15) is 11.3 Å². The number of hydrogen-bond acceptors (Lipinski definition) is 4. The highest BCUT2D eigenvalue weighted by molar-refractivity contribution is 6.04. The third kappa shape index (κ3) is 5.10. The predicted octanol–water partition coefficient (Wildman–Crippen LogP) is 3.32. The second kappa shape index (κ2) is 7.30. The first-order chi connectivity index (χ1) is 12.0. The van der Waals surface area contributed by atoms with Gasteiger partial charge in [0.25, 0.3) is 5.91 Å². The number of aryl methyl sites for hydroxylation is 1. The summed E-state index contributed by atoms with van der Waals surface area (Å²) >= 11 is 0. The van der Waals surface area contributed by atoms with Gasteiger partial charge in [0.2, 0.25) is 0 Å². The van der Waals surface area contributed by atoms with Gasteiger partial charge in [-0.25, -0.2) is 9.59 Å². The van der Waals surface area contributed by atoms with Crippen LogP contribution in [0.1, 0.15) is 41.6 Å². The minimum Gasteiger partial charge on any atom is -0.478 e. The molecule has 2 rings (SSSR count). The van der Waals surface area contributed by atoms with E-state index in [4.69, 9.17) is 9.84 Å². The van der Waals surface area contributed by atoms with Crippen LogP contribution in [0.4, 0.5) is 16.2 Å². The molecule has 0 aliphatic carbocycles. The summed E-state index contributed by atoms with van der Waals surface area (Å²) in [4.78, 5) is 35.0. The molecule has 0 saturated heterocycles. The molecule has 0 bridgehead atoms. The molecule has 2 amide bonds. The van der Waals surface area contributed by atoms with E-state index in [0.717, 1.165) is 0 Å². The first-order valence-corrected chi connectivity index (χ1v) is 7.86. The summed E-state index contributed by atoms with van der Waals surface area (Å²) in [6.07, 6.45) is 0.978. The van der Waals surface area contributed by atoms with Crippen LogP contribution in [0, 0.1) is 0 Å². The number of nitrogens with zero attached hydrogens (tertiary/aromatic N) is 1. The lowest BCUT2D eigenvalue weighted by atomic mass is 10.2. The maximum atomic E-state index is 12.4. The predicted molar refractivity (Wildman–Crippen MR) is 96.6 cm³/mol. The molecule has 26 heavy (non-hydrogen) atoms. The largest absolute Gasteiger partial charge is 0.478 e. The quantitative estimate of drug-likeness (QED) is 0.776. The molecule has 8 heteroatoms. The van der Waals surface area contributed by atoms with Crippen LogP contribution >= 0.6 is 0 Å². The number of rotatable bonds is 4. The molecule has 0 spiro atoms. The van der Waals surface area contributed by atoms with Gasteiger partial charge in [0, 0.05) is 18.9 Å². The Bertz CT molecular complexity index is 832. The number of anilines is 2. The molecule has 1 aromatic heterocycles. The summed E-state index contributed by atoms with van der Waals surface area (Å²) in [5.74, 6) is -1.43. The SMILES string of the molecule is Cn1cc(NC(=O)OC(C)(C)C)cc1C(=O)Nc1ccc(C(=O)O)cc1. The van der Waals surface area contributed by atoms with Crippen molar-refractivity contribution in [3.8, 4) is 0 Å². The molecule has 138 valence electrons. The van der Waals surface area contributed by atoms with Crippen LogP contribution in [0.25, 0.3) is 0 Å². The van der Waals surface area contributed by atoms with E-state index >= 15 is 0 Å². The van der Waals surface area contributed by atoms with Gasteiger partial charge in [-0.1, -0.05) is 0 Å². The molecule has 1 aromatic carbocycles. The fourth-order valence-corrected chi connectivity index (χ4v) is 2.17. The van der Waals surface area contributed by atoms with E-state index in [1.165, 1.54) is 30.3 Å². The minimum absolute atomic E-state index is 0.130. The van der Waals surface area contributed by atoms with Crippen LogP contribution in [0.2, 0.25) is 0 Å². The van der Waals surface area contributed by atoms with Gasteiger partial charge in [-0.3, -0.25) is 10.1 Å². The van der Waals surface area contributed by atoms with Crippen LogP contribution in [-0.4, -0.2) is 33.2 Å². The highest BCUT2D eigenvalue weighted by Gasteiger charge is 2.18. The Morgan fingerprint density at radius 1 is 1.04 bits per heavy atom. The lowest BCUT2D eigenvalue weighted by Gasteiger charge is -2.19. The topological polar surface area (TPSA) is 110 Å². The third-order valence-corrected chi connectivity index (χ3v) is 3.27. The van der Waals surface area contributed by atoms with E-state index in [-0.39, 0.29) is 5.56 Å². The average molecular weight is 359 g/mol. The van der Waals surface area contributed by atoms with E-state index < -0.39 is 23.6 Å². The van der Waals surface area contributed by atoms with Crippen molar-refractivity contribution < 1.29 is 24.2 Å². The molecule has 0 aliphatic heterocycles. The molecule has 3 N–H and O–H groups in total. The Balaban J connectivity index is 2.06. The molecular formula is C18H21N3O5.